The van der Waals surface area contributed by atoms with Gasteiger partial charge in [-0.2, -0.15) is 0 Å². The van der Waals surface area contributed by atoms with Gasteiger partial charge >= 0.3 is 0 Å². The Balaban J connectivity index is 3.20. The lowest BCUT2D eigenvalue weighted by Crippen LogP contribution is -2.24. The van der Waals surface area contributed by atoms with Crippen molar-refractivity contribution in [1.29, 1.82) is 0 Å². The van der Waals surface area contributed by atoms with Crippen molar-refractivity contribution in [2.24, 2.45) is 0 Å². The summed E-state index contributed by atoms with van der Waals surface area (Å²) >= 11 is 0. The number of carbonyl (C=O) groups excluding carboxylic acids is 1. The van der Waals surface area contributed by atoms with Crippen molar-refractivity contribution in [2.45, 2.75) is 0 Å². The van der Waals surface area contributed by atoms with Gasteiger partial charge in [-0.25, -0.2) is 8.78 Å². The summed E-state index contributed by atoms with van der Waals surface area (Å²) in [6.45, 7) is 0. The van der Waals surface area contributed by atoms with Gasteiger partial charge in [0.1, 0.15) is 17.2 Å². The molecule has 1 rings (SSSR count). The second kappa shape index (κ2) is 3.51. The summed E-state index contributed by atoms with van der Waals surface area (Å²) in [4.78, 5) is 12.4. The zero-order valence-corrected chi connectivity index (χ0v) is 7.34. The molecule has 70 valence electrons. The molecule has 1 amide bonds. The Hall–Kier alpha value is -1.45. The second-order valence-corrected chi connectivity index (χ2v) is 2.80. The Kier molecular flexibility index (Phi) is 2.60. The Morgan fingerprint density at radius 3 is 2.08 bits per heavy atom. The summed E-state index contributed by atoms with van der Waals surface area (Å²) in [7, 11) is 2.88. The molecule has 0 bridgehead atoms. The fourth-order valence-corrected chi connectivity index (χ4v) is 0.926. The van der Waals surface area contributed by atoms with Crippen LogP contribution in [0.1, 0.15) is 10.4 Å². The van der Waals surface area contributed by atoms with Gasteiger partial charge in [-0.3, -0.25) is 4.79 Å². The summed E-state index contributed by atoms with van der Waals surface area (Å²) in [5, 5.41) is 0. The number of carbonyl (C=O) groups is 1. The highest BCUT2D eigenvalue weighted by Gasteiger charge is 2.17. The van der Waals surface area contributed by atoms with Crippen LogP contribution in [0.2, 0.25) is 0 Å². The minimum absolute atomic E-state index is 0.507. The lowest BCUT2D eigenvalue weighted by atomic mass is 10.2. The third kappa shape index (κ3) is 1.83. The van der Waals surface area contributed by atoms with Gasteiger partial charge in [0.2, 0.25) is 0 Å². The monoisotopic (exact) mass is 185 g/mol. The van der Waals surface area contributed by atoms with Gasteiger partial charge < -0.3 is 4.90 Å². The SMILES string of the molecule is CN(C)C(=O)c1c(F)cccc1F. The van der Waals surface area contributed by atoms with Crippen molar-refractivity contribution in [3.63, 3.8) is 0 Å². The first-order chi connectivity index (χ1) is 6.04. The molecule has 0 aliphatic carbocycles. The number of rotatable bonds is 1. The fourth-order valence-electron chi connectivity index (χ4n) is 0.926. The molecule has 0 atom stereocenters. The van der Waals surface area contributed by atoms with Crippen molar-refractivity contribution in [1.82, 2.24) is 4.90 Å². The van der Waals surface area contributed by atoms with E-state index >= 15 is 0 Å². The van der Waals surface area contributed by atoms with Crippen LogP contribution >= 0.6 is 0 Å². The van der Waals surface area contributed by atoms with E-state index in [2.05, 4.69) is 0 Å². The number of amides is 1. The summed E-state index contributed by atoms with van der Waals surface area (Å²) < 4.78 is 25.9. The molecule has 0 aromatic heterocycles. The Morgan fingerprint density at radius 2 is 1.69 bits per heavy atom. The molecule has 0 N–H and O–H groups in total. The minimum Gasteiger partial charge on any atom is -0.345 e. The van der Waals surface area contributed by atoms with Crippen LogP contribution in [0, 0.1) is 11.6 Å². The lowest BCUT2D eigenvalue weighted by Gasteiger charge is -2.10. The van der Waals surface area contributed by atoms with Crippen LogP contribution < -0.4 is 0 Å². The topological polar surface area (TPSA) is 20.3 Å². The highest BCUT2D eigenvalue weighted by atomic mass is 19.1. The van der Waals surface area contributed by atoms with Crippen molar-refractivity contribution >= 4 is 5.91 Å². The molecule has 0 aliphatic rings. The molecule has 13 heavy (non-hydrogen) atoms. The van der Waals surface area contributed by atoms with E-state index in [0.717, 1.165) is 17.0 Å². The molecule has 0 spiro atoms. The van der Waals surface area contributed by atoms with Gasteiger partial charge in [0, 0.05) is 14.1 Å². The maximum atomic E-state index is 13.0. The second-order valence-electron chi connectivity index (χ2n) is 2.80. The third-order valence-electron chi connectivity index (χ3n) is 1.58. The third-order valence-corrected chi connectivity index (χ3v) is 1.58. The molecular weight excluding hydrogens is 176 g/mol. The molecule has 0 fully saturated rings. The quantitative estimate of drug-likeness (QED) is 0.651. The molecule has 1 aromatic rings. The summed E-state index contributed by atoms with van der Waals surface area (Å²) in [5.41, 5.74) is -0.507. The molecule has 4 heteroatoms. The van der Waals surface area contributed by atoms with Gasteiger partial charge in [-0.1, -0.05) is 6.07 Å². The first kappa shape index (κ1) is 9.64. The van der Waals surface area contributed by atoms with Crippen molar-refractivity contribution in [3.05, 3.63) is 35.4 Å². The lowest BCUT2D eigenvalue weighted by molar-refractivity contribution is 0.0818. The van der Waals surface area contributed by atoms with Crippen molar-refractivity contribution in [3.8, 4) is 0 Å². The van der Waals surface area contributed by atoms with Crippen LogP contribution in [-0.4, -0.2) is 24.9 Å². The molecule has 0 aliphatic heterocycles. The maximum absolute atomic E-state index is 13.0. The predicted octanol–water partition coefficient (Wildman–Crippen LogP) is 1.67. The van der Waals surface area contributed by atoms with Crippen LogP contribution in [0.3, 0.4) is 0 Å². The Labute approximate surface area is 74.8 Å². The van der Waals surface area contributed by atoms with Gasteiger partial charge in [-0.15, -0.1) is 0 Å². The highest BCUT2D eigenvalue weighted by molar-refractivity contribution is 5.94. The molecule has 0 radical (unpaired) electrons. The standard InChI is InChI=1S/C9H9F2NO/c1-12(2)9(13)8-6(10)4-3-5-7(8)11/h3-5H,1-2H3. The van der Waals surface area contributed by atoms with Crippen molar-refractivity contribution in [2.75, 3.05) is 14.1 Å². The van der Waals surface area contributed by atoms with Crippen LogP contribution in [0.25, 0.3) is 0 Å². The predicted molar refractivity (Wildman–Crippen MR) is 44.4 cm³/mol. The van der Waals surface area contributed by atoms with Crippen LogP contribution in [0.15, 0.2) is 18.2 Å². The maximum Gasteiger partial charge on any atom is 0.259 e. The Bertz CT molecular complexity index is 316. The normalized spacial score (nSPS) is 9.85. The van der Waals surface area contributed by atoms with E-state index in [9.17, 15) is 13.6 Å². The van der Waals surface area contributed by atoms with Crippen molar-refractivity contribution < 1.29 is 13.6 Å². The van der Waals surface area contributed by atoms with Crippen LogP contribution in [0.4, 0.5) is 8.78 Å². The summed E-state index contributed by atoms with van der Waals surface area (Å²) in [5.74, 6) is -2.34. The van der Waals surface area contributed by atoms with E-state index in [1.54, 1.807) is 0 Å². The van der Waals surface area contributed by atoms with Gasteiger partial charge in [0.05, 0.1) is 0 Å². The van der Waals surface area contributed by atoms with Gasteiger partial charge in [0.25, 0.3) is 5.91 Å². The average molecular weight is 185 g/mol. The van der Waals surface area contributed by atoms with Gasteiger partial charge in [0.15, 0.2) is 0 Å². The number of hydrogen-bond acceptors (Lipinski definition) is 1. The first-order valence-corrected chi connectivity index (χ1v) is 3.69. The highest BCUT2D eigenvalue weighted by Crippen LogP contribution is 2.13. The number of nitrogens with zero attached hydrogens (tertiary/aromatic N) is 1. The molecule has 0 saturated carbocycles. The molecule has 0 heterocycles. The van der Waals surface area contributed by atoms with E-state index in [1.807, 2.05) is 0 Å². The molecule has 1 aromatic carbocycles. The molecule has 0 saturated heterocycles. The number of hydrogen-bond donors (Lipinski definition) is 0. The Morgan fingerprint density at radius 1 is 1.23 bits per heavy atom. The first-order valence-electron chi connectivity index (χ1n) is 3.69. The average Bonchev–Trinajstić information content (AvgIpc) is 2.03. The van der Waals surface area contributed by atoms with E-state index in [1.165, 1.54) is 20.2 Å². The molecule has 2 nitrogen and oxygen atoms in total. The molecule has 0 unspecified atom stereocenters. The number of halogens is 2. The number of benzene rings is 1. The zero-order valence-electron chi connectivity index (χ0n) is 7.34. The van der Waals surface area contributed by atoms with Crippen LogP contribution in [-0.2, 0) is 0 Å². The summed E-state index contributed by atoms with van der Waals surface area (Å²) in [6.07, 6.45) is 0. The summed E-state index contributed by atoms with van der Waals surface area (Å²) in [6, 6.07) is 3.33. The fraction of sp³-hybridized carbons (Fsp3) is 0.222. The van der Waals surface area contributed by atoms with E-state index < -0.39 is 23.1 Å². The van der Waals surface area contributed by atoms with Crippen LogP contribution in [0.5, 0.6) is 0 Å². The van der Waals surface area contributed by atoms with Gasteiger partial charge in [-0.05, 0) is 12.1 Å². The van der Waals surface area contributed by atoms with E-state index in [0.29, 0.717) is 0 Å². The van der Waals surface area contributed by atoms with E-state index in [-0.39, 0.29) is 0 Å². The smallest absolute Gasteiger partial charge is 0.259 e. The van der Waals surface area contributed by atoms with E-state index in [4.69, 9.17) is 0 Å². The largest absolute Gasteiger partial charge is 0.345 e. The minimum atomic E-state index is -0.835. The molecular formula is C9H9F2NO. The zero-order chi connectivity index (χ0) is 10.0.